The third-order valence-electron chi connectivity index (χ3n) is 4.60. The Morgan fingerprint density at radius 2 is 1.89 bits per heavy atom. The number of aromatic nitrogens is 1. The van der Waals surface area contributed by atoms with Crippen molar-refractivity contribution >= 4 is 33.4 Å². The fourth-order valence-electron chi connectivity index (χ4n) is 3.13. The lowest BCUT2D eigenvalue weighted by Gasteiger charge is -2.13. The largest absolute Gasteiger partial charge is 0.480 e. The van der Waals surface area contributed by atoms with Crippen LogP contribution < -0.4 is 14.3 Å². The normalized spacial score (nSPS) is 14.4. The highest BCUT2D eigenvalue weighted by Gasteiger charge is 2.25. The van der Waals surface area contributed by atoms with Crippen molar-refractivity contribution in [2.24, 2.45) is 4.99 Å². The lowest BCUT2D eigenvalue weighted by molar-refractivity contribution is -0.140. The van der Waals surface area contributed by atoms with Crippen molar-refractivity contribution in [3.63, 3.8) is 0 Å². The maximum absolute atomic E-state index is 12.7. The summed E-state index contributed by atoms with van der Waals surface area (Å²) in [6, 6.07) is 9.80. The molecule has 7 nitrogen and oxygen atoms in total. The number of thiazole rings is 1. The summed E-state index contributed by atoms with van der Waals surface area (Å²) in [7, 11) is 0. The van der Waals surface area contributed by atoms with Gasteiger partial charge in [0.1, 0.15) is 6.04 Å². The second kappa shape index (κ2) is 7.12. The van der Waals surface area contributed by atoms with E-state index >= 15 is 0 Å². The quantitative estimate of drug-likeness (QED) is 0.726. The van der Waals surface area contributed by atoms with Crippen molar-refractivity contribution in [2.45, 2.75) is 26.3 Å². The smallest absolute Gasteiger partial charge is 0.326 e. The monoisotopic (exact) mass is 398 g/mol. The third-order valence-corrected chi connectivity index (χ3v) is 5.62. The highest BCUT2D eigenvalue weighted by molar-refractivity contribution is 7.16. The molecule has 2 aromatic carbocycles. The average Bonchev–Trinajstić information content (AvgIpc) is 3.25. The van der Waals surface area contributed by atoms with Crippen LogP contribution in [0.1, 0.15) is 35.3 Å². The van der Waals surface area contributed by atoms with Gasteiger partial charge in [0, 0.05) is 17.7 Å². The molecule has 1 amide bonds. The third kappa shape index (κ3) is 3.16. The number of amides is 1. The fourth-order valence-corrected chi connectivity index (χ4v) is 4.20. The summed E-state index contributed by atoms with van der Waals surface area (Å²) in [6.45, 7) is 3.85. The minimum absolute atomic E-state index is 0.131. The molecular weight excluding hydrogens is 380 g/mol. The van der Waals surface area contributed by atoms with Gasteiger partial charge < -0.3 is 19.1 Å². The Hall–Kier alpha value is -3.13. The molecule has 2 heterocycles. The van der Waals surface area contributed by atoms with Crippen LogP contribution in [0.5, 0.6) is 11.5 Å². The molecule has 1 N–H and O–H groups in total. The minimum atomic E-state index is -0.982. The highest BCUT2D eigenvalue weighted by Crippen LogP contribution is 2.38. The van der Waals surface area contributed by atoms with E-state index in [1.807, 2.05) is 19.1 Å². The molecule has 0 saturated heterocycles. The number of carboxylic acids is 1. The second-order valence-electron chi connectivity index (χ2n) is 6.47. The number of carboxylic acid groups (broad SMARTS) is 1. The van der Waals surface area contributed by atoms with Crippen molar-refractivity contribution in [1.29, 1.82) is 0 Å². The first-order valence-electron chi connectivity index (χ1n) is 8.81. The zero-order valence-electron chi connectivity index (χ0n) is 15.3. The summed E-state index contributed by atoms with van der Waals surface area (Å²) in [5.74, 6) is -0.249. The molecule has 1 aliphatic rings. The number of carbonyl (C=O) groups excluding carboxylic acids is 1. The van der Waals surface area contributed by atoms with Crippen LogP contribution >= 0.6 is 11.3 Å². The summed E-state index contributed by atoms with van der Waals surface area (Å²) in [5.41, 5.74) is 2.14. The predicted octanol–water partition coefficient (Wildman–Crippen LogP) is 3.52. The summed E-state index contributed by atoms with van der Waals surface area (Å²) >= 11 is 1.25. The van der Waals surface area contributed by atoms with Gasteiger partial charge in [-0.2, -0.15) is 4.99 Å². The van der Waals surface area contributed by atoms with Crippen molar-refractivity contribution in [3.8, 4) is 11.5 Å². The molecule has 0 saturated carbocycles. The minimum Gasteiger partial charge on any atom is -0.480 e. The van der Waals surface area contributed by atoms with E-state index < -0.39 is 17.9 Å². The number of carbonyl (C=O) groups is 2. The molecule has 0 aliphatic carbocycles. The van der Waals surface area contributed by atoms with E-state index in [1.54, 1.807) is 35.8 Å². The summed E-state index contributed by atoms with van der Waals surface area (Å²) in [6.07, 6.45) is 0.349. The van der Waals surface area contributed by atoms with Crippen molar-refractivity contribution in [1.82, 2.24) is 4.57 Å². The van der Waals surface area contributed by atoms with Gasteiger partial charge in [0.25, 0.3) is 5.91 Å². The van der Waals surface area contributed by atoms with Gasteiger partial charge in [-0.3, -0.25) is 4.79 Å². The van der Waals surface area contributed by atoms with Crippen LogP contribution in [-0.4, -0.2) is 28.3 Å². The summed E-state index contributed by atoms with van der Waals surface area (Å²) < 4.78 is 13.2. The molecule has 0 radical (unpaired) electrons. The number of aliphatic carboxylic acids is 1. The molecule has 144 valence electrons. The number of nitrogens with zero attached hydrogens (tertiary/aromatic N) is 2. The second-order valence-corrected chi connectivity index (χ2v) is 7.48. The van der Waals surface area contributed by atoms with E-state index in [0.717, 1.165) is 10.3 Å². The van der Waals surface area contributed by atoms with Crippen LogP contribution in [0.3, 0.4) is 0 Å². The molecule has 1 unspecified atom stereocenters. The topological polar surface area (TPSA) is 90.1 Å². The fraction of sp³-hybridized carbons (Fsp3) is 0.250. The molecule has 0 fully saturated rings. The van der Waals surface area contributed by atoms with Crippen molar-refractivity contribution in [3.05, 3.63) is 52.3 Å². The number of fused-ring (bicyclic) bond motifs is 2. The summed E-state index contributed by atoms with van der Waals surface area (Å²) in [5, 5.41) is 9.71. The van der Waals surface area contributed by atoms with Gasteiger partial charge in [0.2, 0.25) is 6.79 Å². The zero-order valence-corrected chi connectivity index (χ0v) is 16.2. The Kier molecular flexibility index (Phi) is 4.64. The van der Waals surface area contributed by atoms with Gasteiger partial charge in [-0.05, 0) is 25.5 Å². The van der Waals surface area contributed by atoms with Gasteiger partial charge in [-0.1, -0.05) is 36.0 Å². The Morgan fingerprint density at radius 1 is 1.21 bits per heavy atom. The Bertz CT molecular complexity index is 1140. The van der Waals surface area contributed by atoms with Gasteiger partial charge in [0.15, 0.2) is 16.3 Å². The van der Waals surface area contributed by atoms with Gasteiger partial charge >= 0.3 is 5.97 Å². The average molecular weight is 398 g/mol. The first kappa shape index (κ1) is 18.2. The van der Waals surface area contributed by atoms with Gasteiger partial charge in [0.05, 0.1) is 10.2 Å². The molecule has 28 heavy (non-hydrogen) atoms. The van der Waals surface area contributed by atoms with E-state index in [2.05, 4.69) is 4.99 Å². The maximum Gasteiger partial charge on any atom is 0.326 e. The van der Waals surface area contributed by atoms with E-state index in [0.29, 0.717) is 33.8 Å². The van der Waals surface area contributed by atoms with Crippen LogP contribution in [0.15, 0.2) is 41.4 Å². The number of rotatable bonds is 4. The van der Waals surface area contributed by atoms with E-state index in [4.69, 9.17) is 9.47 Å². The standard InChI is InChI=1S/C20H18N2O5S/c1-3-13(19(24)25)22-14-8-15-16(27-10-26-15)9-17(14)28-20(22)21-18(23)12-6-4-11(2)5-7-12/h4-9,13H,3,10H2,1-2H3,(H,24,25)/b21-20-. The molecule has 3 aromatic rings. The van der Waals surface area contributed by atoms with Crippen LogP contribution in [0, 0.1) is 6.92 Å². The first-order chi connectivity index (χ1) is 13.5. The highest BCUT2D eigenvalue weighted by atomic mass is 32.1. The molecule has 0 spiro atoms. The Morgan fingerprint density at radius 3 is 2.54 bits per heavy atom. The van der Waals surface area contributed by atoms with Gasteiger partial charge in [-0.15, -0.1) is 0 Å². The van der Waals surface area contributed by atoms with Crippen LogP contribution in [0.4, 0.5) is 0 Å². The first-order valence-corrected chi connectivity index (χ1v) is 9.62. The molecule has 4 rings (SSSR count). The lowest BCUT2D eigenvalue weighted by Crippen LogP contribution is -2.27. The molecule has 1 atom stereocenters. The van der Waals surface area contributed by atoms with Crippen LogP contribution in [-0.2, 0) is 4.79 Å². The SMILES string of the molecule is CCC(C(=O)O)n1/c(=N/C(=O)c2ccc(C)cc2)sc2cc3c(cc21)OCO3. The van der Waals surface area contributed by atoms with Crippen LogP contribution in [0.25, 0.3) is 10.2 Å². The van der Waals surface area contributed by atoms with E-state index in [1.165, 1.54) is 11.3 Å². The Labute approximate surface area is 164 Å². The lowest BCUT2D eigenvalue weighted by atomic mass is 10.1. The number of aryl methyl sites for hydroxylation is 1. The molecular formula is C20H18N2O5S. The van der Waals surface area contributed by atoms with Gasteiger partial charge in [-0.25, -0.2) is 4.79 Å². The maximum atomic E-state index is 12.7. The number of hydrogen-bond acceptors (Lipinski definition) is 5. The molecule has 1 aromatic heterocycles. The molecule has 1 aliphatic heterocycles. The predicted molar refractivity (Wildman–Crippen MR) is 104 cm³/mol. The number of ether oxygens (including phenoxy) is 2. The number of benzene rings is 2. The van der Waals surface area contributed by atoms with Crippen LogP contribution in [0.2, 0.25) is 0 Å². The summed E-state index contributed by atoms with van der Waals surface area (Å²) in [4.78, 5) is 29.1. The van der Waals surface area contributed by atoms with E-state index in [9.17, 15) is 14.7 Å². The Balaban J connectivity index is 1.92. The number of hydrogen-bond donors (Lipinski definition) is 1. The van der Waals surface area contributed by atoms with Crippen molar-refractivity contribution in [2.75, 3.05) is 6.79 Å². The molecule has 0 bridgehead atoms. The molecule has 8 heteroatoms. The van der Waals surface area contributed by atoms with E-state index in [-0.39, 0.29) is 6.79 Å². The van der Waals surface area contributed by atoms with Crippen molar-refractivity contribution < 1.29 is 24.2 Å². The zero-order chi connectivity index (χ0) is 19.8.